The monoisotopic (exact) mass is 238 g/mol. The Labute approximate surface area is 101 Å². The molecule has 1 atom stereocenters. The molecule has 94 valence electrons. The molecule has 0 radical (unpaired) electrons. The Balaban J connectivity index is 2.60. The minimum atomic E-state index is -0.547. The first kappa shape index (κ1) is 13.5. The minimum absolute atomic E-state index is 0.152. The van der Waals surface area contributed by atoms with E-state index in [1.165, 1.54) is 4.90 Å². The maximum Gasteiger partial charge on any atom is 0.246 e. The van der Waals surface area contributed by atoms with E-state index in [1.54, 1.807) is 20.3 Å². The van der Waals surface area contributed by atoms with Gasteiger partial charge >= 0.3 is 0 Å². The van der Waals surface area contributed by atoms with Crippen LogP contribution in [0.2, 0.25) is 0 Å². The molecule has 1 heterocycles. The largest absolute Gasteiger partial charge is 0.320 e. The highest BCUT2D eigenvalue weighted by atomic mass is 16.2. The van der Waals surface area contributed by atoms with Crippen LogP contribution in [0.5, 0.6) is 0 Å². The van der Waals surface area contributed by atoms with Gasteiger partial charge < -0.3 is 5.73 Å². The van der Waals surface area contributed by atoms with Crippen LogP contribution >= 0.6 is 0 Å². The lowest BCUT2D eigenvalue weighted by Gasteiger charge is -2.28. The predicted octanol–water partition coefficient (Wildman–Crippen LogP) is -0.376. The first-order chi connectivity index (χ1) is 8.10. The second-order valence-electron chi connectivity index (χ2n) is 3.88. The Bertz CT molecular complexity index is 362. The van der Waals surface area contributed by atoms with Gasteiger partial charge in [0, 0.05) is 39.7 Å². The smallest absolute Gasteiger partial charge is 0.246 e. The molecule has 6 nitrogen and oxygen atoms in total. The Hall–Kier alpha value is -1.56. The van der Waals surface area contributed by atoms with E-state index in [4.69, 9.17) is 5.73 Å². The van der Waals surface area contributed by atoms with Gasteiger partial charge in [-0.3, -0.25) is 24.5 Å². The van der Waals surface area contributed by atoms with Gasteiger partial charge in [-0.15, -0.1) is 0 Å². The molecule has 1 aliphatic rings. The summed E-state index contributed by atoms with van der Waals surface area (Å²) < 4.78 is 0. The molecule has 1 saturated heterocycles. The van der Waals surface area contributed by atoms with Crippen molar-refractivity contribution in [3.8, 4) is 0 Å². The van der Waals surface area contributed by atoms with Crippen LogP contribution < -0.4 is 5.73 Å². The van der Waals surface area contributed by atoms with E-state index in [0.717, 1.165) is 5.71 Å². The van der Waals surface area contributed by atoms with E-state index in [0.29, 0.717) is 25.8 Å². The minimum Gasteiger partial charge on any atom is -0.320 e. The van der Waals surface area contributed by atoms with E-state index in [2.05, 4.69) is 9.98 Å². The van der Waals surface area contributed by atoms with Crippen molar-refractivity contribution in [1.82, 2.24) is 4.90 Å². The van der Waals surface area contributed by atoms with Crippen molar-refractivity contribution in [3.05, 3.63) is 0 Å². The average Bonchev–Trinajstić information content (AvgIpc) is 2.32. The zero-order valence-corrected chi connectivity index (χ0v) is 10.2. The lowest BCUT2D eigenvalue weighted by molar-refractivity contribution is -0.148. The second kappa shape index (κ2) is 6.24. The molecule has 1 rings (SSSR count). The number of likely N-dealkylation sites (tertiary alicyclic amines) is 1. The molecule has 0 aromatic heterocycles. The van der Waals surface area contributed by atoms with E-state index in [9.17, 15) is 9.59 Å². The lowest BCUT2D eigenvalue weighted by atomic mass is 10.0. The third-order valence-corrected chi connectivity index (χ3v) is 2.71. The molecule has 0 aliphatic carbocycles. The maximum atomic E-state index is 11.7. The summed E-state index contributed by atoms with van der Waals surface area (Å²) in [7, 11) is 3.31. The van der Waals surface area contributed by atoms with Gasteiger partial charge in [-0.25, -0.2) is 0 Å². The summed E-state index contributed by atoms with van der Waals surface area (Å²) in [4.78, 5) is 32.4. The maximum absolute atomic E-state index is 11.7. The van der Waals surface area contributed by atoms with Gasteiger partial charge in [0.05, 0.1) is 11.8 Å². The van der Waals surface area contributed by atoms with Crippen molar-refractivity contribution in [2.24, 2.45) is 15.7 Å². The fourth-order valence-corrected chi connectivity index (χ4v) is 1.70. The molecule has 17 heavy (non-hydrogen) atoms. The summed E-state index contributed by atoms with van der Waals surface area (Å²) >= 11 is 0. The van der Waals surface area contributed by atoms with Crippen molar-refractivity contribution in [2.75, 3.05) is 20.6 Å². The molecule has 2 amide bonds. The van der Waals surface area contributed by atoms with Crippen molar-refractivity contribution in [1.29, 1.82) is 0 Å². The van der Waals surface area contributed by atoms with Gasteiger partial charge in [-0.2, -0.15) is 0 Å². The van der Waals surface area contributed by atoms with Crippen molar-refractivity contribution in [3.63, 3.8) is 0 Å². The first-order valence-corrected chi connectivity index (χ1v) is 5.57. The van der Waals surface area contributed by atoms with E-state index in [1.807, 2.05) is 0 Å². The van der Waals surface area contributed by atoms with Gasteiger partial charge in [-0.1, -0.05) is 0 Å². The number of piperidine rings is 1. The molecule has 2 N–H and O–H groups in total. The molecule has 0 saturated carbocycles. The van der Waals surface area contributed by atoms with E-state index in [-0.39, 0.29) is 11.8 Å². The molecule has 0 bridgehead atoms. The first-order valence-electron chi connectivity index (χ1n) is 5.57. The summed E-state index contributed by atoms with van der Waals surface area (Å²) in [6.07, 6.45) is 2.92. The summed E-state index contributed by atoms with van der Waals surface area (Å²) in [5, 5.41) is 0. The number of aliphatic imine (C=N–C) groups is 2. The highest BCUT2D eigenvalue weighted by Gasteiger charge is 2.31. The fraction of sp³-hybridized carbons (Fsp3) is 0.636. The number of nitrogens with zero attached hydrogens (tertiary/aromatic N) is 3. The number of carbonyl (C=O) groups is 2. The van der Waals surface area contributed by atoms with Crippen molar-refractivity contribution < 1.29 is 9.59 Å². The van der Waals surface area contributed by atoms with Crippen molar-refractivity contribution >= 4 is 23.7 Å². The van der Waals surface area contributed by atoms with Gasteiger partial charge in [0.15, 0.2) is 0 Å². The van der Waals surface area contributed by atoms with Crippen LogP contribution in [-0.2, 0) is 9.59 Å². The molecule has 1 aliphatic heterocycles. The third kappa shape index (κ3) is 3.45. The zero-order chi connectivity index (χ0) is 12.8. The number of amides is 2. The normalized spacial score (nSPS) is 22.6. The molecule has 1 fully saturated rings. The van der Waals surface area contributed by atoms with Crippen molar-refractivity contribution in [2.45, 2.75) is 25.3 Å². The van der Waals surface area contributed by atoms with Crippen LogP contribution in [0.3, 0.4) is 0 Å². The Kier molecular flexibility index (Phi) is 4.96. The Morgan fingerprint density at radius 1 is 1.53 bits per heavy atom. The van der Waals surface area contributed by atoms with Crippen LogP contribution in [0.25, 0.3) is 0 Å². The van der Waals surface area contributed by atoms with Crippen LogP contribution in [0, 0.1) is 0 Å². The Morgan fingerprint density at radius 2 is 2.24 bits per heavy atom. The van der Waals surface area contributed by atoms with Gasteiger partial charge in [0.25, 0.3) is 0 Å². The second-order valence-corrected chi connectivity index (χ2v) is 3.88. The highest BCUT2D eigenvalue weighted by molar-refractivity contribution is 6.30. The van der Waals surface area contributed by atoms with Crippen LogP contribution in [-0.4, -0.2) is 55.3 Å². The molecule has 6 heteroatoms. The standard InChI is InChI=1S/C11H18N4O2/c1-13-7-8(14-2)5-6-15-10(16)4-3-9(12)11(15)17/h7,9H,3-6,12H2,1-2H3. The van der Waals surface area contributed by atoms with Crippen LogP contribution in [0.1, 0.15) is 19.3 Å². The van der Waals surface area contributed by atoms with E-state index >= 15 is 0 Å². The number of carbonyl (C=O) groups excluding carboxylic acids is 2. The molecular weight excluding hydrogens is 220 g/mol. The fourth-order valence-electron chi connectivity index (χ4n) is 1.70. The SMILES string of the molecule is CN=CC(CCN1C(=O)CCC(N)C1=O)=NC. The molecule has 0 spiro atoms. The predicted molar refractivity (Wildman–Crippen MR) is 66.3 cm³/mol. The number of nitrogens with two attached hydrogens (primary N) is 1. The third-order valence-electron chi connectivity index (χ3n) is 2.71. The summed E-state index contributed by atoms with van der Waals surface area (Å²) in [5.74, 6) is -0.439. The van der Waals surface area contributed by atoms with Gasteiger partial charge in [0.1, 0.15) is 0 Å². The summed E-state index contributed by atoms with van der Waals surface area (Å²) in [6, 6.07) is -0.547. The number of hydrogen-bond donors (Lipinski definition) is 1. The molecule has 0 aromatic carbocycles. The van der Waals surface area contributed by atoms with E-state index < -0.39 is 6.04 Å². The Morgan fingerprint density at radius 3 is 2.82 bits per heavy atom. The quantitative estimate of drug-likeness (QED) is 0.535. The van der Waals surface area contributed by atoms with Gasteiger partial charge in [-0.05, 0) is 6.42 Å². The number of imide groups is 1. The number of rotatable bonds is 4. The lowest BCUT2D eigenvalue weighted by Crippen LogP contribution is -2.51. The summed E-state index contributed by atoms with van der Waals surface area (Å²) in [5.41, 5.74) is 6.39. The molecule has 0 aromatic rings. The van der Waals surface area contributed by atoms with Crippen LogP contribution in [0.4, 0.5) is 0 Å². The zero-order valence-electron chi connectivity index (χ0n) is 10.2. The highest BCUT2D eigenvalue weighted by Crippen LogP contribution is 2.12. The molecular formula is C11H18N4O2. The topological polar surface area (TPSA) is 88.1 Å². The average molecular weight is 238 g/mol. The van der Waals surface area contributed by atoms with Crippen LogP contribution in [0.15, 0.2) is 9.98 Å². The summed E-state index contributed by atoms with van der Waals surface area (Å²) in [6.45, 7) is 0.323. The number of hydrogen-bond acceptors (Lipinski definition) is 5. The van der Waals surface area contributed by atoms with Gasteiger partial charge in [0.2, 0.25) is 11.8 Å². The molecule has 1 unspecified atom stereocenters.